The highest BCUT2D eigenvalue weighted by Gasteiger charge is 2.41. The molecular formula is C10H7Cl2N3O2S. The van der Waals surface area contributed by atoms with Gasteiger partial charge in [-0.1, -0.05) is 11.6 Å². The standard InChI is InChI=1S/C10H7Cl2N3O2S/c1-14-8(13-18-12)9(16)15(10(14)17)7-4-2-6(11)3-5-7/h2-5H,1H3/b13-8-. The van der Waals surface area contributed by atoms with Crippen LogP contribution in [0.2, 0.25) is 5.02 Å². The molecule has 1 aliphatic heterocycles. The summed E-state index contributed by atoms with van der Waals surface area (Å²) in [6.07, 6.45) is 0. The summed E-state index contributed by atoms with van der Waals surface area (Å²) in [6, 6.07) is 5.89. The van der Waals surface area contributed by atoms with Gasteiger partial charge in [0.05, 0.1) is 16.8 Å². The highest BCUT2D eigenvalue weighted by molar-refractivity contribution is 8.20. The van der Waals surface area contributed by atoms with Gasteiger partial charge in [0.15, 0.2) is 0 Å². The van der Waals surface area contributed by atoms with Crippen LogP contribution >= 0.6 is 33.4 Å². The van der Waals surface area contributed by atoms with Crippen LogP contribution in [-0.2, 0) is 4.79 Å². The van der Waals surface area contributed by atoms with Crippen molar-refractivity contribution in [1.82, 2.24) is 4.90 Å². The highest BCUT2D eigenvalue weighted by Crippen LogP contribution is 2.24. The van der Waals surface area contributed by atoms with Crippen molar-refractivity contribution in [1.29, 1.82) is 0 Å². The quantitative estimate of drug-likeness (QED) is 0.623. The van der Waals surface area contributed by atoms with E-state index in [9.17, 15) is 9.59 Å². The van der Waals surface area contributed by atoms with Gasteiger partial charge >= 0.3 is 11.9 Å². The van der Waals surface area contributed by atoms with Gasteiger partial charge in [-0.25, -0.2) is 9.69 Å². The number of hydrogen-bond acceptors (Lipinski definition) is 4. The summed E-state index contributed by atoms with van der Waals surface area (Å²) in [5, 5.41) is 0.524. The molecule has 1 saturated heterocycles. The first-order chi connectivity index (χ1) is 8.56. The number of halogens is 2. The molecule has 8 heteroatoms. The molecule has 1 aromatic carbocycles. The Kier molecular flexibility index (Phi) is 3.79. The zero-order valence-corrected chi connectivity index (χ0v) is 11.5. The second kappa shape index (κ2) is 5.17. The average Bonchev–Trinajstić information content (AvgIpc) is 2.56. The first-order valence-corrected chi connectivity index (χ1v) is 6.77. The molecule has 0 aliphatic carbocycles. The maximum Gasteiger partial charge on any atom is 0.337 e. The first kappa shape index (κ1) is 13.2. The van der Waals surface area contributed by atoms with Crippen molar-refractivity contribution in [3.8, 4) is 0 Å². The molecule has 0 radical (unpaired) electrons. The van der Waals surface area contributed by atoms with E-state index in [4.69, 9.17) is 22.3 Å². The lowest BCUT2D eigenvalue weighted by atomic mass is 10.3. The molecular weight excluding hydrogens is 297 g/mol. The Labute approximate surface area is 117 Å². The zero-order valence-electron chi connectivity index (χ0n) is 9.13. The van der Waals surface area contributed by atoms with Gasteiger partial charge in [-0.3, -0.25) is 9.69 Å². The number of amidine groups is 1. The SMILES string of the molecule is CN1C(=O)N(c2ccc(Cl)cc2)C(=O)/C1=N/SCl. The summed E-state index contributed by atoms with van der Waals surface area (Å²) in [5.41, 5.74) is 0.436. The number of anilines is 1. The lowest BCUT2D eigenvalue weighted by Gasteiger charge is -2.12. The highest BCUT2D eigenvalue weighted by atomic mass is 35.7. The Morgan fingerprint density at radius 1 is 1.22 bits per heavy atom. The average molecular weight is 304 g/mol. The van der Waals surface area contributed by atoms with E-state index in [1.165, 1.54) is 7.05 Å². The number of imide groups is 1. The van der Waals surface area contributed by atoms with Crippen LogP contribution in [0, 0.1) is 0 Å². The van der Waals surface area contributed by atoms with E-state index in [0.29, 0.717) is 21.9 Å². The molecule has 1 heterocycles. The van der Waals surface area contributed by atoms with Gasteiger partial charge < -0.3 is 0 Å². The van der Waals surface area contributed by atoms with Gasteiger partial charge in [-0.2, -0.15) is 4.40 Å². The Morgan fingerprint density at radius 3 is 2.39 bits per heavy atom. The fraction of sp³-hybridized carbons (Fsp3) is 0.100. The largest absolute Gasteiger partial charge is 0.337 e. The number of carbonyl (C=O) groups is 2. The number of hydrogen-bond donors (Lipinski definition) is 0. The van der Waals surface area contributed by atoms with E-state index in [1.807, 2.05) is 0 Å². The number of urea groups is 1. The molecule has 0 spiro atoms. The molecule has 0 aromatic heterocycles. The molecule has 2 rings (SSSR count). The number of carbonyl (C=O) groups excluding carboxylic acids is 2. The van der Waals surface area contributed by atoms with E-state index in [1.54, 1.807) is 24.3 Å². The van der Waals surface area contributed by atoms with E-state index < -0.39 is 11.9 Å². The lowest BCUT2D eigenvalue weighted by Crippen LogP contribution is -2.31. The predicted molar refractivity (Wildman–Crippen MR) is 73.0 cm³/mol. The van der Waals surface area contributed by atoms with E-state index in [0.717, 1.165) is 9.80 Å². The second-order valence-electron chi connectivity index (χ2n) is 3.44. The second-order valence-corrected chi connectivity index (χ2v) is 4.61. The van der Waals surface area contributed by atoms with E-state index in [2.05, 4.69) is 4.40 Å². The van der Waals surface area contributed by atoms with Crippen molar-refractivity contribution >= 4 is 56.9 Å². The molecule has 1 aromatic rings. The fourth-order valence-electron chi connectivity index (χ4n) is 1.52. The third-order valence-corrected chi connectivity index (χ3v) is 3.10. The summed E-state index contributed by atoms with van der Waals surface area (Å²) >= 11 is 6.36. The lowest BCUT2D eigenvalue weighted by molar-refractivity contribution is -0.111. The molecule has 5 nitrogen and oxygen atoms in total. The smallest absolute Gasteiger partial charge is 0.276 e. The number of nitrogens with zero attached hydrogens (tertiary/aromatic N) is 3. The minimum absolute atomic E-state index is 0.00468. The summed E-state index contributed by atoms with van der Waals surface area (Å²) in [6.45, 7) is 0. The van der Waals surface area contributed by atoms with Crippen LogP contribution in [0.15, 0.2) is 28.7 Å². The van der Waals surface area contributed by atoms with E-state index in [-0.39, 0.29) is 5.84 Å². The third kappa shape index (κ3) is 2.19. The molecule has 1 aliphatic rings. The van der Waals surface area contributed by atoms with Crippen LogP contribution in [0.5, 0.6) is 0 Å². The Balaban J connectivity index is 2.40. The summed E-state index contributed by atoms with van der Waals surface area (Å²) in [5.74, 6) is -0.520. The minimum Gasteiger partial charge on any atom is -0.276 e. The molecule has 0 saturated carbocycles. The van der Waals surface area contributed by atoms with Crippen molar-refractivity contribution in [2.24, 2.45) is 4.40 Å². The molecule has 0 N–H and O–H groups in total. The van der Waals surface area contributed by atoms with Gasteiger partial charge in [0, 0.05) is 12.1 Å². The van der Waals surface area contributed by atoms with Crippen molar-refractivity contribution in [3.63, 3.8) is 0 Å². The fourth-order valence-corrected chi connectivity index (χ4v) is 2.11. The molecule has 3 amide bonds. The molecule has 1 fully saturated rings. The van der Waals surface area contributed by atoms with Gasteiger partial charge in [0.2, 0.25) is 5.84 Å². The summed E-state index contributed by atoms with van der Waals surface area (Å²) in [7, 11) is 6.84. The van der Waals surface area contributed by atoms with Crippen LogP contribution in [0.3, 0.4) is 0 Å². The van der Waals surface area contributed by atoms with Crippen LogP contribution in [-0.4, -0.2) is 29.7 Å². The summed E-state index contributed by atoms with van der Waals surface area (Å²) in [4.78, 5) is 26.1. The number of benzene rings is 1. The van der Waals surface area contributed by atoms with Gasteiger partial charge in [-0.15, -0.1) is 0 Å². The Hall–Kier alpha value is -1.24. The van der Waals surface area contributed by atoms with Gasteiger partial charge in [0.1, 0.15) is 0 Å². The van der Waals surface area contributed by atoms with Crippen molar-refractivity contribution in [3.05, 3.63) is 29.3 Å². The minimum atomic E-state index is -0.516. The monoisotopic (exact) mass is 303 g/mol. The van der Waals surface area contributed by atoms with Gasteiger partial charge in [-0.05, 0) is 34.9 Å². The zero-order chi connectivity index (χ0) is 13.3. The maximum atomic E-state index is 12.0. The van der Waals surface area contributed by atoms with Crippen LogP contribution in [0.25, 0.3) is 0 Å². The number of amides is 3. The van der Waals surface area contributed by atoms with Crippen molar-refractivity contribution in [2.75, 3.05) is 11.9 Å². The third-order valence-electron chi connectivity index (χ3n) is 2.40. The topological polar surface area (TPSA) is 53.0 Å². The van der Waals surface area contributed by atoms with Crippen LogP contribution in [0.4, 0.5) is 10.5 Å². The molecule has 18 heavy (non-hydrogen) atoms. The normalized spacial score (nSPS) is 18.1. The van der Waals surface area contributed by atoms with Crippen LogP contribution < -0.4 is 4.90 Å². The Bertz CT molecular complexity index is 532. The molecule has 0 atom stereocenters. The number of rotatable bonds is 2. The Morgan fingerprint density at radius 2 is 1.83 bits per heavy atom. The first-order valence-electron chi connectivity index (χ1n) is 4.79. The molecule has 0 bridgehead atoms. The maximum absolute atomic E-state index is 12.0. The van der Waals surface area contributed by atoms with E-state index >= 15 is 0 Å². The molecule has 94 valence electrons. The number of likely N-dealkylation sites (N-methyl/N-ethyl adjacent to an activating group) is 1. The predicted octanol–water partition coefficient (Wildman–Crippen LogP) is 2.94. The van der Waals surface area contributed by atoms with Crippen molar-refractivity contribution in [2.45, 2.75) is 0 Å². The van der Waals surface area contributed by atoms with Crippen molar-refractivity contribution < 1.29 is 9.59 Å². The van der Waals surface area contributed by atoms with Gasteiger partial charge in [0.25, 0.3) is 0 Å². The molecule has 0 unspecified atom stereocenters. The van der Waals surface area contributed by atoms with Crippen LogP contribution in [0.1, 0.15) is 0 Å². The summed E-state index contributed by atoms with van der Waals surface area (Å²) < 4.78 is 3.72.